The number of carbonyl (C=O) groups excluding carboxylic acids is 1. The second kappa shape index (κ2) is 9.84. The molecule has 5 nitrogen and oxygen atoms in total. The van der Waals surface area contributed by atoms with Gasteiger partial charge in [0.15, 0.2) is 11.5 Å². The molecule has 2 heterocycles. The third kappa shape index (κ3) is 5.12. The number of ether oxygens (including phenoxy) is 2. The second-order valence-electron chi connectivity index (χ2n) is 8.17. The first kappa shape index (κ1) is 21.3. The highest BCUT2D eigenvalue weighted by Crippen LogP contribution is 2.37. The number of methoxy groups -OCH3 is 1. The molecule has 2 aliphatic heterocycles. The lowest BCUT2D eigenvalue weighted by atomic mass is 9.94. The summed E-state index contributed by atoms with van der Waals surface area (Å²) in [5.74, 6) is 2.43. The highest BCUT2D eigenvalue weighted by Gasteiger charge is 2.28. The van der Waals surface area contributed by atoms with Crippen LogP contribution in [0.5, 0.6) is 11.5 Å². The molecule has 0 bridgehead atoms. The predicted octanol–water partition coefficient (Wildman–Crippen LogP) is 4.33. The molecule has 0 radical (unpaired) electrons. The number of hydrogen-bond acceptors (Lipinski definition) is 4. The molecule has 0 N–H and O–H groups in total. The molecular weight excluding hydrogens is 376 g/mol. The molecule has 0 aliphatic carbocycles. The van der Waals surface area contributed by atoms with Crippen molar-refractivity contribution in [2.75, 3.05) is 46.4 Å². The largest absolute Gasteiger partial charge is 0.493 e. The van der Waals surface area contributed by atoms with Crippen molar-refractivity contribution in [3.63, 3.8) is 0 Å². The highest BCUT2D eigenvalue weighted by molar-refractivity contribution is 6.32. The zero-order chi connectivity index (χ0) is 20.1. The number of rotatable bonds is 6. The first-order chi connectivity index (χ1) is 13.5. The number of nitrogens with zero attached hydrogens (tertiary/aromatic N) is 2. The summed E-state index contributed by atoms with van der Waals surface area (Å²) in [6.45, 7) is 9.84. The van der Waals surface area contributed by atoms with E-state index in [2.05, 4.69) is 11.8 Å². The molecule has 2 aliphatic rings. The summed E-state index contributed by atoms with van der Waals surface area (Å²) >= 11 is 6.36. The van der Waals surface area contributed by atoms with Crippen molar-refractivity contribution in [1.29, 1.82) is 0 Å². The lowest BCUT2D eigenvalue weighted by Crippen LogP contribution is -2.45. The number of benzene rings is 1. The molecule has 1 aromatic rings. The third-order valence-corrected chi connectivity index (χ3v) is 6.24. The van der Waals surface area contributed by atoms with Crippen LogP contribution in [0.25, 0.3) is 0 Å². The molecular formula is C22H33ClN2O3. The minimum atomic E-state index is 0.0280. The third-order valence-electron chi connectivity index (χ3n) is 5.96. The maximum Gasteiger partial charge on any atom is 0.254 e. The van der Waals surface area contributed by atoms with Crippen LogP contribution in [0.1, 0.15) is 49.9 Å². The van der Waals surface area contributed by atoms with Crippen LogP contribution in [-0.2, 0) is 0 Å². The van der Waals surface area contributed by atoms with Gasteiger partial charge in [0.1, 0.15) is 0 Å². The minimum Gasteiger partial charge on any atom is -0.493 e. The number of halogens is 1. The Bertz CT molecular complexity index is 674. The zero-order valence-electron chi connectivity index (χ0n) is 17.4. The Balaban J connectivity index is 1.65. The molecule has 1 amide bonds. The fourth-order valence-electron chi connectivity index (χ4n) is 4.32. The molecule has 1 unspecified atom stereocenters. The Labute approximate surface area is 173 Å². The number of likely N-dealkylation sites (tertiary alicyclic amines) is 2. The summed E-state index contributed by atoms with van der Waals surface area (Å²) in [4.78, 5) is 17.7. The van der Waals surface area contributed by atoms with Crippen LogP contribution in [0.3, 0.4) is 0 Å². The Morgan fingerprint density at radius 2 is 1.96 bits per heavy atom. The smallest absolute Gasteiger partial charge is 0.254 e. The number of carbonyl (C=O) groups is 1. The van der Waals surface area contributed by atoms with E-state index in [4.69, 9.17) is 21.1 Å². The molecule has 0 saturated carbocycles. The van der Waals surface area contributed by atoms with Gasteiger partial charge in [-0.3, -0.25) is 4.79 Å². The van der Waals surface area contributed by atoms with Gasteiger partial charge in [-0.15, -0.1) is 0 Å². The van der Waals surface area contributed by atoms with Crippen LogP contribution in [0.4, 0.5) is 0 Å². The Hall–Kier alpha value is -1.46. The Morgan fingerprint density at radius 3 is 2.64 bits per heavy atom. The summed E-state index contributed by atoms with van der Waals surface area (Å²) < 4.78 is 11.0. The molecule has 1 aromatic carbocycles. The van der Waals surface area contributed by atoms with Crippen molar-refractivity contribution in [3.05, 3.63) is 22.7 Å². The van der Waals surface area contributed by atoms with Gasteiger partial charge >= 0.3 is 0 Å². The Morgan fingerprint density at radius 1 is 1.21 bits per heavy atom. The van der Waals surface area contributed by atoms with Gasteiger partial charge in [0, 0.05) is 25.2 Å². The van der Waals surface area contributed by atoms with Crippen molar-refractivity contribution in [1.82, 2.24) is 9.80 Å². The van der Waals surface area contributed by atoms with Crippen molar-refractivity contribution < 1.29 is 14.3 Å². The molecule has 156 valence electrons. The normalized spacial score (nSPS) is 21.6. The van der Waals surface area contributed by atoms with E-state index in [1.807, 2.05) is 11.8 Å². The zero-order valence-corrected chi connectivity index (χ0v) is 18.1. The average molecular weight is 409 g/mol. The first-order valence-electron chi connectivity index (χ1n) is 10.5. The van der Waals surface area contributed by atoms with Gasteiger partial charge in [-0.25, -0.2) is 0 Å². The van der Waals surface area contributed by atoms with Crippen molar-refractivity contribution in [2.45, 2.75) is 39.5 Å². The van der Waals surface area contributed by atoms with Gasteiger partial charge in [0.05, 0.1) is 18.7 Å². The van der Waals surface area contributed by atoms with Crippen molar-refractivity contribution >= 4 is 17.5 Å². The number of amides is 1. The van der Waals surface area contributed by atoms with E-state index in [0.29, 0.717) is 34.6 Å². The van der Waals surface area contributed by atoms with Crippen LogP contribution in [-0.4, -0.2) is 62.1 Å². The SMILES string of the molecule is CCOc1c(Cl)cc(C(=O)N2CCCC(CN3CCC(C)CC3)C2)cc1OC. The molecule has 2 saturated heterocycles. The number of piperidine rings is 2. The summed E-state index contributed by atoms with van der Waals surface area (Å²) in [6, 6.07) is 3.45. The Kier molecular flexibility index (Phi) is 7.47. The maximum absolute atomic E-state index is 13.1. The van der Waals surface area contributed by atoms with E-state index in [1.165, 1.54) is 32.4 Å². The second-order valence-corrected chi connectivity index (χ2v) is 8.57. The topological polar surface area (TPSA) is 42.0 Å². The van der Waals surface area contributed by atoms with Crippen LogP contribution >= 0.6 is 11.6 Å². The lowest BCUT2D eigenvalue weighted by Gasteiger charge is -2.38. The predicted molar refractivity (Wildman–Crippen MR) is 113 cm³/mol. The van der Waals surface area contributed by atoms with E-state index in [1.54, 1.807) is 19.2 Å². The summed E-state index contributed by atoms with van der Waals surface area (Å²) in [7, 11) is 1.57. The van der Waals surface area contributed by atoms with Gasteiger partial charge in [-0.05, 0) is 69.7 Å². The molecule has 0 spiro atoms. The van der Waals surface area contributed by atoms with E-state index in [-0.39, 0.29) is 5.91 Å². The van der Waals surface area contributed by atoms with Crippen molar-refractivity contribution in [2.24, 2.45) is 11.8 Å². The summed E-state index contributed by atoms with van der Waals surface area (Å²) in [6.07, 6.45) is 4.84. The van der Waals surface area contributed by atoms with Gasteiger partial charge in [-0.2, -0.15) is 0 Å². The average Bonchev–Trinajstić information content (AvgIpc) is 2.71. The standard InChI is InChI=1S/C22H33ClN2O3/c1-4-28-21-19(23)12-18(13-20(21)27-3)22(26)25-9-5-6-17(15-25)14-24-10-7-16(2)8-11-24/h12-13,16-17H,4-11,14-15H2,1-3H3. The van der Waals surface area contributed by atoms with Gasteiger partial charge in [-0.1, -0.05) is 18.5 Å². The summed E-state index contributed by atoms with van der Waals surface area (Å²) in [5, 5.41) is 0.417. The molecule has 0 aromatic heterocycles. The fraction of sp³-hybridized carbons (Fsp3) is 0.682. The first-order valence-corrected chi connectivity index (χ1v) is 10.9. The molecule has 3 rings (SSSR count). The van der Waals surface area contributed by atoms with Crippen molar-refractivity contribution in [3.8, 4) is 11.5 Å². The minimum absolute atomic E-state index is 0.0280. The van der Waals surface area contributed by atoms with E-state index in [9.17, 15) is 4.79 Å². The van der Waals surface area contributed by atoms with Crippen LogP contribution in [0.15, 0.2) is 12.1 Å². The monoisotopic (exact) mass is 408 g/mol. The van der Waals surface area contributed by atoms with E-state index in [0.717, 1.165) is 32.0 Å². The maximum atomic E-state index is 13.1. The van der Waals surface area contributed by atoms with Gasteiger partial charge < -0.3 is 19.3 Å². The van der Waals surface area contributed by atoms with E-state index < -0.39 is 0 Å². The molecule has 1 atom stereocenters. The van der Waals surface area contributed by atoms with Gasteiger partial charge in [0.25, 0.3) is 5.91 Å². The quantitative estimate of drug-likeness (QED) is 0.702. The number of hydrogen-bond donors (Lipinski definition) is 0. The van der Waals surface area contributed by atoms with Crippen LogP contribution in [0, 0.1) is 11.8 Å². The highest BCUT2D eigenvalue weighted by atomic mass is 35.5. The van der Waals surface area contributed by atoms with Crippen LogP contribution < -0.4 is 9.47 Å². The molecule has 2 fully saturated rings. The molecule has 28 heavy (non-hydrogen) atoms. The van der Waals surface area contributed by atoms with Gasteiger partial charge in [0.2, 0.25) is 0 Å². The lowest BCUT2D eigenvalue weighted by molar-refractivity contribution is 0.0622. The fourth-order valence-corrected chi connectivity index (χ4v) is 4.58. The summed E-state index contributed by atoms with van der Waals surface area (Å²) in [5.41, 5.74) is 0.567. The van der Waals surface area contributed by atoms with Crippen LogP contribution in [0.2, 0.25) is 5.02 Å². The van der Waals surface area contributed by atoms with E-state index >= 15 is 0 Å². The molecule has 6 heteroatoms.